The first kappa shape index (κ1) is 39.7. The minimum absolute atomic E-state index is 0.0169. The predicted octanol–water partition coefficient (Wildman–Crippen LogP) is 4.56. The molecule has 8 nitrogen and oxygen atoms in total. The van der Waals surface area contributed by atoms with Gasteiger partial charge in [0.2, 0.25) is 6.41 Å². The van der Waals surface area contributed by atoms with Crippen LogP contribution in [-0.2, 0) is 30.5 Å². The number of benzene rings is 1. The topological polar surface area (TPSA) is 119 Å². The Morgan fingerprint density at radius 1 is 1.13 bits per heavy atom. The third-order valence-corrected chi connectivity index (χ3v) is 5.29. The highest BCUT2D eigenvalue weighted by Gasteiger charge is 2.30. The number of rotatable bonds is 7. The lowest BCUT2D eigenvalue weighted by Gasteiger charge is -2.24. The van der Waals surface area contributed by atoms with E-state index >= 15 is 0 Å². The van der Waals surface area contributed by atoms with Crippen LogP contribution in [0.15, 0.2) is 42.1 Å². The fourth-order valence-electron chi connectivity index (χ4n) is 2.85. The van der Waals surface area contributed by atoms with Crippen molar-refractivity contribution in [2.45, 2.75) is 87.4 Å². The number of aldehydes is 1. The summed E-state index contributed by atoms with van der Waals surface area (Å²) in [6, 6.07) is 10.1. The van der Waals surface area contributed by atoms with E-state index in [4.69, 9.17) is 10.5 Å². The van der Waals surface area contributed by atoms with Crippen molar-refractivity contribution in [1.29, 1.82) is 0 Å². The van der Waals surface area contributed by atoms with Gasteiger partial charge in [-0.25, -0.2) is 0 Å². The molecule has 1 aromatic carbocycles. The van der Waals surface area contributed by atoms with E-state index in [0.29, 0.717) is 25.1 Å². The first-order chi connectivity index (χ1) is 17.7. The quantitative estimate of drug-likeness (QED) is 0.388. The Bertz CT molecular complexity index is 780. The van der Waals surface area contributed by atoms with Crippen molar-refractivity contribution in [2.75, 3.05) is 20.7 Å². The van der Waals surface area contributed by atoms with Crippen molar-refractivity contribution in [3.63, 3.8) is 0 Å². The van der Waals surface area contributed by atoms with Crippen molar-refractivity contribution in [1.82, 2.24) is 10.2 Å². The molecule has 3 unspecified atom stereocenters. The van der Waals surface area contributed by atoms with Gasteiger partial charge in [0, 0.05) is 38.2 Å². The lowest BCUT2D eigenvalue weighted by Crippen LogP contribution is -2.29. The summed E-state index contributed by atoms with van der Waals surface area (Å²) in [6.07, 6.45) is 3.63. The number of ether oxygens (including phenoxy) is 1. The van der Waals surface area contributed by atoms with Crippen LogP contribution < -0.4 is 11.1 Å². The second kappa shape index (κ2) is 23.3. The molecule has 1 amide bonds. The number of carbonyl (C=O) groups excluding carboxylic acids is 4. The van der Waals surface area contributed by atoms with Crippen LogP contribution in [0.2, 0.25) is 0 Å². The van der Waals surface area contributed by atoms with Crippen LogP contribution in [0.3, 0.4) is 0 Å². The molecular weight excluding hydrogens is 482 g/mol. The molecule has 8 heteroatoms. The molecule has 0 aromatic heterocycles. The molecule has 1 heterocycles. The van der Waals surface area contributed by atoms with Gasteiger partial charge < -0.3 is 30.3 Å². The molecule has 0 aliphatic carbocycles. The first-order valence-electron chi connectivity index (χ1n) is 13.1. The van der Waals surface area contributed by atoms with Gasteiger partial charge in [0.05, 0.1) is 12.1 Å². The van der Waals surface area contributed by atoms with Crippen LogP contribution in [-0.4, -0.2) is 62.0 Å². The van der Waals surface area contributed by atoms with Crippen molar-refractivity contribution in [2.24, 2.45) is 17.1 Å². The molecular formula is C30H53N3O5. The number of nitrogens with zero attached hydrogens (tertiary/aromatic N) is 1. The number of Topliss-reactive ketones (excluding diaryl/α,β-unsaturated/α-hetero) is 1. The number of hydrogen-bond donors (Lipinski definition) is 2. The van der Waals surface area contributed by atoms with Gasteiger partial charge in [-0.3, -0.25) is 9.59 Å². The van der Waals surface area contributed by atoms with E-state index in [1.54, 1.807) is 14.0 Å². The lowest BCUT2D eigenvalue weighted by atomic mass is 9.79. The van der Waals surface area contributed by atoms with Gasteiger partial charge in [-0.05, 0) is 44.9 Å². The van der Waals surface area contributed by atoms with Crippen LogP contribution in [0, 0.1) is 11.3 Å². The maximum absolute atomic E-state index is 11.4. The number of methoxy groups -OCH3 is 1. The maximum atomic E-state index is 11.4. The number of carbonyl (C=O) groups is 4. The molecule has 0 spiro atoms. The standard InChI is InChI=1S/C10H19NO.C8H11N.C7H11NO3.C3H6O.C2H6/c1-7(11)6-9(12)8(2)10(3,4)5;1-9-7-8-5-3-2-4-6-8;1-11-7-2-6(4-9)8(3-7)5-10;1-3(2)4;1-2/h6,8H,11H2,1-5H3;2-6,9H,7H2,1H3;4-7H,2-3H2,1H3;1-2H3;1-2H3/b7-6-;;;;. The van der Waals surface area contributed by atoms with E-state index < -0.39 is 0 Å². The highest BCUT2D eigenvalue weighted by atomic mass is 16.5. The molecule has 2 rings (SSSR count). The zero-order valence-electron chi connectivity index (χ0n) is 25.5. The molecule has 1 saturated heterocycles. The second-order valence-corrected chi connectivity index (χ2v) is 9.90. The van der Waals surface area contributed by atoms with Crippen LogP contribution >= 0.6 is 0 Å². The summed E-state index contributed by atoms with van der Waals surface area (Å²) in [4.78, 5) is 43.1. The number of nitrogens with two attached hydrogens (primary N) is 1. The zero-order chi connectivity index (χ0) is 30.3. The summed E-state index contributed by atoms with van der Waals surface area (Å²) >= 11 is 0. The van der Waals surface area contributed by atoms with Gasteiger partial charge in [0.15, 0.2) is 5.78 Å². The fourth-order valence-corrected chi connectivity index (χ4v) is 2.85. The van der Waals surface area contributed by atoms with Gasteiger partial charge in [-0.2, -0.15) is 0 Å². The van der Waals surface area contributed by atoms with E-state index in [2.05, 4.69) is 38.2 Å². The minimum Gasteiger partial charge on any atom is -0.402 e. The third-order valence-electron chi connectivity index (χ3n) is 5.29. The van der Waals surface area contributed by atoms with Crippen molar-refractivity contribution in [3.05, 3.63) is 47.7 Å². The van der Waals surface area contributed by atoms with E-state index in [1.165, 1.54) is 30.4 Å². The first-order valence-corrected chi connectivity index (χ1v) is 13.1. The molecule has 0 radical (unpaired) electrons. The summed E-state index contributed by atoms with van der Waals surface area (Å²) in [6.45, 7) is 18.4. The van der Waals surface area contributed by atoms with Crippen LogP contribution in [0.1, 0.15) is 74.3 Å². The molecule has 1 fully saturated rings. The van der Waals surface area contributed by atoms with E-state index in [1.807, 2.05) is 46.0 Å². The monoisotopic (exact) mass is 535 g/mol. The Kier molecular flexibility index (Phi) is 24.3. The van der Waals surface area contributed by atoms with Crippen molar-refractivity contribution in [3.8, 4) is 0 Å². The Morgan fingerprint density at radius 2 is 1.63 bits per heavy atom. The zero-order valence-corrected chi connectivity index (χ0v) is 25.5. The number of ketones is 2. The predicted molar refractivity (Wildman–Crippen MR) is 157 cm³/mol. The highest BCUT2D eigenvalue weighted by molar-refractivity contribution is 5.92. The largest absolute Gasteiger partial charge is 0.402 e. The second-order valence-electron chi connectivity index (χ2n) is 9.90. The molecule has 1 aliphatic heterocycles. The van der Waals surface area contributed by atoms with Gasteiger partial charge in [-0.1, -0.05) is 71.9 Å². The lowest BCUT2D eigenvalue weighted by molar-refractivity contribution is -0.123. The number of likely N-dealkylation sites (tertiary alicyclic amines) is 1. The molecule has 0 saturated carbocycles. The summed E-state index contributed by atoms with van der Waals surface area (Å²) in [5.74, 6) is 0.304. The van der Waals surface area contributed by atoms with Gasteiger partial charge in [-0.15, -0.1) is 0 Å². The number of hydrogen-bond acceptors (Lipinski definition) is 7. The van der Waals surface area contributed by atoms with Crippen molar-refractivity contribution >= 4 is 24.3 Å². The molecule has 38 heavy (non-hydrogen) atoms. The summed E-state index contributed by atoms with van der Waals surface area (Å²) < 4.78 is 5.02. The van der Waals surface area contributed by atoms with E-state index in [0.717, 1.165) is 12.8 Å². The van der Waals surface area contributed by atoms with Gasteiger partial charge in [0.25, 0.3) is 0 Å². The number of nitrogens with one attached hydrogen (secondary N) is 1. The smallest absolute Gasteiger partial charge is 0.210 e. The number of amides is 1. The SMILES string of the molecule is C/C(N)=C/C(=O)C(C)C(C)(C)C.CC.CC(C)=O.CNCc1ccccc1.COC1CC(C=O)N(C=O)C1. The number of allylic oxidation sites excluding steroid dienone is 2. The third kappa shape index (κ3) is 21.3. The summed E-state index contributed by atoms with van der Waals surface area (Å²) in [5.41, 5.74) is 7.34. The highest BCUT2D eigenvalue weighted by Crippen LogP contribution is 2.26. The Labute approximate surface area is 231 Å². The average molecular weight is 536 g/mol. The van der Waals surface area contributed by atoms with E-state index in [9.17, 15) is 19.2 Å². The van der Waals surface area contributed by atoms with Gasteiger partial charge in [0.1, 0.15) is 12.1 Å². The molecule has 0 bridgehead atoms. The molecule has 1 aliphatic rings. The Hall–Kier alpha value is -2.84. The maximum Gasteiger partial charge on any atom is 0.210 e. The van der Waals surface area contributed by atoms with E-state index in [-0.39, 0.29) is 35.0 Å². The van der Waals surface area contributed by atoms with Gasteiger partial charge >= 0.3 is 0 Å². The molecule has 1 aromatic rings. The average Bonchev–Trinajstić information content (AvgIpc) is 3.28. The van der Waals surface area contributed by atoms with Crippen LogP contribution in [0.25, 0.3) is 0 Å². The molecule has 3 N–H and O–H groups in total. The summed E-state index contributed by atoms with van der Waals surface area (Å²) in [5, 5.41) is 3.08. The Morgan fingerprint density at radius 3 is 1.95 bits per heavy atom. The van der Waals surface area contributed by atoms with Crippen molar-refractivity contribution < 1.29 is 23.9 Å². The Balaban J connectivity index is -0.000000440. The van der Waals surface area contributed by atoms with Crippen LogP contribution in [0.4, 0.5) is 0 Å². The normalized spacial score (nSPS) is 16.9. The fraction of sp³-hybridized carbons (Fsp3) is 0.600. The minimum atomic E-state index is -0.280. The summed E-state index contributed by atoms with van der Waals surface area (Å²) in [7, 11) is 3.54. The molecule has 3 atom stereocenters. The molecule has 218 valence electrons. The van der Waals surface area contributed by atoms with Crippen LogP contribution in [0.5, 0.6) is 0 Å².